The van der Waals surface area contributed by atoms with Gasteiger partial charge in [0.25, 0.3) is 0 Å². The van der Waals surface area contributed by atoms with E-state index in [2.05, 4.69) is 11.8 Å². The number of aliphatic hydroxyl groups excluding tert-OH is 1. The molecule has 0 aromatic heterocycles. The molecule has 0 heterocycles. The lowest BCUT2D eigenvalue weighted by Gasteiger charge is -2.06. The summed E-state index contributed by atoms with van der Waals surface area (Å²) in [5.41, 5.74) is 0. The van der Waals surface area contributed by atoms with Gasteiger partial charge in [0, 0.05) is 6.42 Å². The molecular weight excluding hydrogens is 252 g/mol. The average Bonchev–Trinajstić information content (AvgIpc) is 2.49. The van der Waals surface area contributed by atoms with E-state index in [-0.39, 0.29) is 6.61 Å². The molecule has 3 nitrogen and oxygen atoms in total. The lowest BCUT2D eigenvalue weighted by atomic mass is 10.2. The number of ether oxygens (including phenoxy) is 1. The van der Waals surface area contributed by atoms with Gasteiger partial charge in [-0.3, -0.25) is 0 Å². The van der Waals surface area contributed by atoms with Gasteiger partial charge in [0.2, 0.25) is 0 Å². The standard InChI is InChI=1S/C17H20O3/c18-14-10-5-3-1-2-4-7-11-16(19)15-20-17-12-8-6-9-13-17/h2,4,6,8-9,12-14,16,19H,1,3,5,10,15H2/b4-2-. The number of benzene rings is 1. The van der Waals surface area contributed by atoms with Crippen molar-refractivity contribution in [3.8, 4) is 17.6 Å². The fourth-order valence-electron chi connectivity index (χ4n) is 1.51. The highest BCUT2D eigenvalue weighted by molar-refractivity contribution is 5.48. The van der Waals surface area contributed by atoms with E-state index < -0.39 is 6.10 Å². The van der Waals surface area contributed by atoms with Crippen LogP contribution in [0.5, 0.6) is 5.75 Å². The van der Waals surface area contributed by atoms with Gasteiger partial charge in [-0.1, -0.05) is 36.1 Å². The fraction of sp³-hybridized carbons (Fsp3) is 0.353. The molecule has 0 saturated heterocycles. The number of hydrogen-bond donors (Lipinski definition) is 1. The van der Waals surface area contributed by atoms with Crippen molar-refractivity contribution in [3.05, 3.63) is 42.5 Å². The lowest BCUT2D eigenvalue weighted by Crippen LogP contribution is -2.14. The van der Waals surface area contributed by atoms with Crippen LogP contribution in [0.4, 0.5) is 0 Å². The monoisotopic (exact) mass is 272 g/mol. The third-order valence-corrected chi connectivity index (χ3v) is 2.54. The van der Waals surface area contributed by atoms with Crippen LogP contribution >= 0.6 is 0 Å². The quantitative estimate of drug-likeness (QED) is 0.449. The summed E-state index contributed by atoms with van der Waals surface area (Å²) in [7, 11) is 0. The number of carbonyl (C=O) groups excluding carboxylic acids is 1. The molecule has 0 saturated carbocycles. The first-order valence-electron chi connectivity index (χ1n) is 6.78. The Hall–Kier alpha value is -2.05. The summed E-state index contributed by atoms with van der Waals surface area (Å²) >= 11 is 0. The number of carbonyl (C=O) groups is 1. The predicted molar refractivity (Wildman–Crippen MR) is 79.4 cm³/mol. The third kappa shape index (κ3) is 8.12. The zero-order valence-corrected chi connectivity index (χ0v) is 11.5. The summed E-state index contributed by atoms with van der Waals surface area (Å²) in [5.74, 6) is 6.20. The number of allylic oxidation sites excluding steroid dienone is 2. The maximum absolute atomic E-state index is 10.1. The second-order valence-electron chi connectivity index (χ2n) is 4.28. The molecule has 106 valence electrons. The molecule has 1 unspecified atom stereocenters. The van der Waals surface area contributed by atoms with Crippen molar-refractivity contribution in [3.63, 3.8) is 0 Å². The van der Waals surface area contributed by atoms with Crippen LogP contribution in [0.25, 0.3) is 0 Å². The van der Waals surface area contributed by atoms with Crippen LogP contribution in [0, 0.1) is 11.8 Å². The van der Waals surface area contributed by atoms with E-state index in [9.17, 15) is 9.90 Å². The van der Waals surface area contributed by atoms with E-state index in [1.807, 2.05) is 36.4 Å². The number of aldehydes is 1. The molecule has 0 aliphatic carbocycles. The van der Waals surface area contributed by atoms with Gasteiger partial charge in [-0.2, -0.15) is 0 Å². The molecule has 1 N–H and O–H groups in total. The maximum Gasteiger partial charge on any atom is 0.148 e. The highest BCUT2D eigenvalue weighted by Crippen LogP contribution is 2.08. The van der Waals surface area contributed by atoms with Crippen molar-refractivity contribution >= 4 is 6.29 Å². The number of unbranched alkanes of at least 4 members (excludes halogenated alkanes) is 3. The lowest BCUT2D eigenvalue weighted by molar-refractivity contribution is -0.107. The van der Waals surface area contributed by atoms with Gasteiger partial charge in [0.1, 0.15) is 24.7 Å². The summed E-state index contributed by atoms with van der Waals surface area (Å²) in [4.78, 5) is 10.1. The Bertz CT molecular complexity index is 454. The molecule has 1 aromatic rings. The summed E-state index contributed by atoms with van der Waals surface area (Å²) in [6.07, 6.45) is 7.23. The molecule has 3 heteroatoms. The minimum absolute atomic E-state index is 0.157. The van der Waals surface area contributed by atoms with Gasteiger partial charge in [-0.25, -0.2) is 0 Å². The predicted octanol–water partition coefficient (Wildman–Crippen LogP) is 2.75. The first-order valence-corrected chi connectivity index (χ1v) is 6.78. The van der Waals surface area contributed by atoms with E-state index in [1.165, 1.54) is 0 Å². The number of hydrogen-bond acceptors (Lipinski definition) is 3. The summed E-state index contributed by atoms with van der Waals surface area (Å²) in [5, 5.41) is 9.61. The van der Waals surface area contributed by atoms with Gasteiger partial charge >= 0.3 is 0 Å². The second-order valence-corrected chi connectivity index (χ2v) is 4.28. The maximum atomic E-state index is 10.1. The minimum Gasteiger partial charge on any atom is -0.490 e. The number of para-hydroxylation sites is 1. The largest absolute Gasteiger partial charge is 0.490 e. The Balaban J connectivity index is 2.15. The van der Waals surface area contributed by atoms with Crippen LogP contribution in [0.3, 0.4) is 0 Å². The van der Waals surface area contributed by atoms with Crippen molar-refractivity contribution < 1.29 is 14.6 Å². The molecule has 1 aromatic carbocycles. The highest BCUT2D eigenvalue weighted by Gasteiger charge is 1.99. The molecule has 0 spiro atoms. The zero-order valence-electron chi connectivity index (χ0n) is 11.5. The summed E-state index contributed by atoms with van der Waals surface area (Å²) in [6.45, 7) is 0.157. The van der Waals surface area contributed by atoms with Crippen LogP contribution < -0.4 is 4.74 Å². The normalized spacial score (nSPS) is 11.7. The molecule has 0 radical (unpaired) electrons. The Kier molecular flexibility index (Phi) is 8.67. The van der Waals surface area contributed by atoms with Crippen molar-refractivity contribution in [1.29, 1.82) is 0 Å². The van der Waals surface area contributed by atoms with Crippen molar-refractivity contribution in [2.75, 3.05) is 6.61 Å². The second kappa shape index (κ2) is 10.8. The minimum atomic E-state index is -0.796. The third-order valence-electron chi connectivity index (χ3n) is 2.54. The molecular formula is C17H20O3. The van der Waals surface area contributed by atoms with Gasteiger partial charge in [0.05, 0.1) is 0 Å². The van der Waals surface area contributed by atoms with E-state index in [4.69, 9.17) is 4.74 Å². The van der Waals surface area contributed by atoms with Crippen molar-refractivity contribution in [2.24, 2.45) is 0 Å². The Labute approximate surface area is 120 Å². The van der Waals surface area contributed by atoms with Gasteiger partial charge < -0.3 is 14.6 Å². The first-order chi connectivity index (χ1) is 9.83. The Morgan fingerprint density at radius 2 is 1.95 bits per heavy atom. The molecule has 0 aliphatic rings. The SMILES string of the molecule is O=CCCCC/C=C\C#CC(O)COc1ccccc1. The summed E-state index contributed by atoms with van der Waals surface area (Å²) < 4.78 is 5.38. The number of rotatable bonds is 8. The zero-order chi connectivity index (χ0) is 14.5. The first kappa shape index (κ1) is 16.0. The molecule has 0 fully saturated rings. The topological polar surface area (TPSA) is 46.5 Å². The average molecular weight is 272 g/mol. The van der Waals surface area contributed by atoms with Gasteiger partial charge in [-0.15, -0.1) is 0 Å². The highest BCUT2D eigenvalue weighted by atomic mass is 16.5. The summed E-state index contributed by atoms with van der Waals surface area (Å²) in [6, 6.07) is 9.32. The molecule has 0 aliphatic heterocycles. The van der Waals surface area contributed by atoms with Crippen LogP contribution in [0.1, 0.15) is 25.7 Å². The van der Waals surface area contributed by atoms with E-state index in [0.29, 0.717) is 6.42 Å². The van der Waals surface area contributed by atoms with Crippen LogP contribution in [0.15, 0.2) is 42.5 Å². The van der Waals surface area contributed by atoms with Crippen molar-refractivity contribution in [2.45, 2.75) is 31.8 Å². The molecule has 1 atom stereocenters. The Morgan fingerprint density at radius 1 is 1.20 bits per heavy atom. The van der Waals surface area contributed by atoms with E-state index in [1.54, 1.807) is 6.08 Å². The van der Waals surface area contributed by atoms with E-state index in [0.717, 1.165) is 31.3 Å². The van der Waals surface area contributed by atoms with Gasteiger partial charge in [0.15, 0.2) is 0 Å². The van der Waals surface area contributed by atoms with E-state index >= 15 is 0 Å². The molecule has 20 heavy (non-hydrogen) atoms. The fourth-order valence-corrected chi connectivity index (χ4v) is 1.51. The van der Waals surface area contributed by atoms with Gasteiger partial charge in [-0.05, 0) is 37.5 Å². The van der Waals surface area contributed by atoms with Crippen LogP contribution in [-0.4, -0.2) is 24.1 Å². The Morgan fingerprint density at radius 3 is 2.70 bits per heavy atom. The molecule has 0 amide bonds. The van der Waals surface area contributed by atoms with Crippen LogP contribution in [0.2, 0.25) is 0 Å². The van der Waals surface area contributed by atoms with Crippen molar-refractivity contribution in [1.82, 2.24) is 0 Å². The molecule has 0 bridgehead atoms. The molecule has 1 rings (SSSR count). The number of aliphatic hydroxyl groups is 1. The van der Waals surface area contributed by atoms with Crippen LogP contribution in [-0.2, 0) is 4.79 Å². The smallest absolute Gasteiger partial charge is 0.148 e.